The van der Waals surface area contributed by atoms with E-state index in [1.54, 1.807) is 6.21 Å². The van der Waals surface area contributed by atoms with Crippen LogP contribution in [0.25, 0.3) is 0 Å². The molecule has 0 fully saturated rings. The van der Waals surface area contributed by atoms with Crippen molar-refractivity contribution in [3.8, 4) is 0 Å². The van der Waals surface area contributed by atoms with Gasteiger partial charge in [-0.25, -0.2) is 0 Å². The Balaban J connectivity index is 4.88. The van der Waals surface area contributed by atoms with Gasteiger partial charge in [-0.2, -0.15) is 0 Å². The average molecular weight is 314 g/mol. The highest BCUT2D eigenvalue weighted by Crippen LogP contribution is 2.22. The van der Waals surface area contributed by atoms with E-state index in [1.165, 1.54) is 5.57 Å². The highest BCUT2D eigenvalue weighted by atomic mass is 14.7. The second-order valence-electron chi connectivity index (χ2n) is 6.18. The van der Waals surface area contributed by atoms with E-state index < -0.39 is 0 Å². The predicted octanol–water partition coefficient (Wildman–Crippen LogP) is 7.06. The second kappa shape index (κ2) is 12.9. The molecule has 0 radical (unpaired) electrons. The van der Waals surface area contributed by atoms with Crippen molar-refractivity contribution in [2.75, 3.05) is 0 Å². The second-order valence-corrected chi connectivity index (χ2v) is 6.18. The van der Waals surface area contributed by atoms with Gasteiger partial charge >= 0.3 is 0 Å². The molecule has 1 heteroatoms. The van der Waals surface area contributed by atoms with Crippen molar-refractivity contribution in [3.05, 3.63) is 60.4 Å². The van der Waals surface area contributed by atoms with Crippen LogP contribution >= 0.6 is 0 Å². The lowest BCUT2D eigenvalue weighted by atomic mass is 9.90. The van der Waals surface area contributed by atoms with Crippen molar-refractivity contribution in [2.24, 2.45) is 16.8 Å². The van der Waals surface area contributed by atoms with Gasteiger partial charge in [0, 0.05) is 6.21 Å². The number of unbranched alkanes of at least 4 members (excludes halogenated alkanes) is 1. The summed E-state index contributed by atoms with van der Waals surface area (Å²) in [5.41, 5.74) is 3.29. The van der Waals surface area contributed by atoms with Crippen LogP contribution in [-0.4, -0.2) is 6.21 Å². The first-order valence-corrected chi connectivity index (χ1v) is 8.86. The van der Waals surface area contributed by atoms with Crippen molar-refractivity contribution in [1.29, 1.82) is 0 Å². The summed E-state index contributed by atoms with van der Waals surface area (Å²) >= 11 is 0. The van der Waals surface area contributed by atoms with Crippen LogP contribution in [0.2, 0.25) is 0 Å². The molecule has 1 nitrogen and oxygen atoms in total. The molecule has 0 saturated carbocycles. The fourth-order valence-corrected chi connectivity index (χ4v) is 2.29. The van der Waals surface area contributed by atoms with Gasteiger partial charge in [-0.3, -0.25) is 4.99 Å². The summed E-state index contributed by atoms with van der Waals surface area (Å²) in [5.74, 6) is 1.09. The SMILES string of the molecule is C=C(/N=C\C=C/C)C(/C=C\C(C)CC(C)C(=C)CC)=C/CCC. The monoisotopic (exact) mass is 313 g/mol. The summed E-state index contributed by atoms with van der Waals surface area (Å²) in [5, 5.41) is 0. The molecule has 0 aliphatic carbocycles. The molecule has 0 rings (SSSR count). The number of hydrogen-bond donors (Lipinski definition) is 0. The Kier molecular flexibility index (Phi) is 12.0. The maximum Gasteiger partial charge on any atom is 0.0626 e. The van der Waals surface area contributed by atoms with Gasteiger partial charge in [0.05, 0.1) is 5.70 Å². The van der Waals surface area contributed by atoms with Crippen LogP contribution < -0.4 is 0 Å². The molecule has 0 spiro atoms. The highest BCUT2D eigenvalue weighted by molar-refractivity contribution is 5.72. The van der Waals surface area contributed by atoms with Gasteiger partial charge in [0.15, 0.2) is 0 Å². The van der Waals surface area contributed by atoms with Gasteiger partial charge < -0.3 is 0 Å². The molecule has 0 bridgehead atoms. The molecule has 23 heavy (non-hydrogen) atoms. The number of nitrogens with zero attached hydrogens (tertiary/aromatic N) is 1. The third kappa shape index (κ3) is 9.89. The third-order valence-electron chi connectivity index (χ3n) is 3.98. The minimum absolute atomic E-state index is 0.519. The van der Waals surface area contributed by atoms with Crippen LogP contribution in [0.1, 0.15) is 60.3 Å². The molecule has 0 aromatic rings. The van der Waals surface area contributed by atoms with E-state index >= 15 is 0 Å². The molecule has 0 aromatic heterocycles. The van der Waals surface area contributed by atoms with Crippen LogP contribution in [0.4, 0.5) is 0 Å². The third-order valence-corrected chi connectivity index (χ3v) is 3.98. The Morgan fingerprint density at radius 1 is 1.17 bits per heavy atom. The van der Waals surface area contributed by atoms with E-state index in [2.05, 4.69) is 64.1 Å². The molecule has 0 aromatic carbocycles. The fourth-order valence-electron chi connectivity index (χ4n) is 2.29. The summed E-state index contributed by atoms with van der Waals surface area (Å²) in [6.07, 6.45) is 16.8. The zero-order valence-electron chi connectivity index (χ0n) is 15.8. The number of hydrogen-bond acceptors (Lipinski definition) is 1. The molecule has 0 N–H and O–H groups in total. The number of rotatable bonds is 11. The van der Waals surface area contributed by atoms with Crippen molar-refractivity contribution < 1.29 is 0 Å². The maximum atomic E-state index is 4.41. The Labute approximate surface area is 144 Å². The summed E-state index contributed by atoms with van der Waals surface area (Å²) in [6, 6.07) is 0. The average Bonchev–Trinajstić information content (AvgIpc) is 2.54. The van der Waals surface area contributed by atoms with Gasteiger partial charge in [-0.05, 0) is 49.7 Å². The standard InChI is InChI=1S/C22H35N/c1-8-11-13-22(21(7)23-16-12-9-2)15-14-18(4)17-20(6)19(5)10-3/h9,12-16,18,20H,5,7-8,10-11,17H2,1-4,6H3/b12-9-,15-14-,22-13+,23-16-. The molecule has 0 amide bonds. The molecule has 0 heterocycles. The minimum atomic E-state index is 0.519. The molecule has 128 valence electrons. The van der Waals surface area contributed by atoms with Crippen LogP contribution in [-0.2, 0) is 0 Å². The van der Waals surface area contributed by atoms with Crippen LogP contribution in [0, 0.1) is 11.8 Å². The van der Waals surface area contributed by atoms with E-state index in [1.807, 2.05) is 19.1 Å². The van der Waals surface area contributed by atoms with Crippen molar-refractivity contribution in [2.45, 2.75) is 60.3 Å². The molecule has 0 aliphatic rings. The van der Waals surface area contributed by atoms with Gasteiger partial charge in [0.1, 0.15) is 0 Å². The lowest BCUT2D eigenvalue weighted by molar-refractivity contribution is 0.514. The maximum absolute atomic E-state index is 4.41. The molecule has 0 aliphatic heterocycles. The number of allylic oxidation sites excluding steroid dienone is 6. The molecule has 0 saturated heterocycles. The predicted molar refractivity (Wildman–Crippen MR) is 107 cm³/mol. The largest absolute Gasteiger partial charge is 0.257 e. The minimum Gasteiger partial charge on any atom is -0.257 e. The van der Waals surface area contributed by atoms with Crippen LogP contribution in [0.15, 0.2) is 65.4 Å². The molecular weight excluding hydrogens is 278 g/mol. The smallest absolute Gasteiger partial charge is 0.0626 e. The van der Waals surface area contributed by atoms with Gasteiger partial charge in [0.2, 0.25) is 0 Å². The Morgan fingerprint density at radius 2 is 1.87 bits per heavy atom. The Hall–Kier alpha value is -1.63. The zero-order valence-corrected chi connectivity index (χ0v) is 15.8. The van der Waals surface area contributed by atoms with Crippen molar-refractivity contribution in [3.63, 3.8) is 0 Å². The quantitative estimate of drug-likeness (QED) is 0.220. The molecule has 2 unspecified atom stereocenters. The Bertz CT molecular complexity index is 474. The summed E-state index contributed by atoms with van der Waals surface area (Å²) in [4.78, 5) is 4.41. The molecular formula is C22H35N. The lowest BCUT2D eigenvalue weighted by Gasteiger charge is -2.16. The zero-order chi connectivity index (χ0) is 17.7. The number of aliphatic imine (C=N–C) groups is 1. The van der Waals surface area contributed by atoms with E-state index in [9.17, 15) is 0 Å². The summed E-state index contributed by atoms with van der Waals surface area (Å²) in [7, 11) is 0. The van der Waals surface area contributed by atoms with E-state index in [0.717, 1.165) is 37.0 Å². The van der Waals surface area contributed by atoms with Crippen molar-refractivity contribution in [1.82, 2.24) is 0 Å². The molecule has 2 atom stereocenters. The van der Waals surface area contributed by atoms with Gasteiger partial charge in [0.25, 0.3) is 0 Å². The van der Waals surface area contributed by atoms with E-state index in [0.29, 0.717) is 11.8 Å². The normalized spacial score (nSPS) is 15.6. The topological polar surface area (TPSA) is 12.4 Å². The van der Waals surface area contributed by atoms with Gasteiger partial charge in [-0.15, -0.1) is 0 Å². The van der Waals surface area contributed by atoms with Gasteiger partial charge in [-0.1, -0.05) is 77.2 Å². The fraction of sp³-hybridized carbons (Fsp3) is 0.500. The van der Waals surface area contributed by atoms with Crippen LogP contribution in [0.3, 0.4) is 0 Å². The highest BCUT2D eigenvalue weighted by Gasteiger charge is 2.08. The summed E-state index contributed by atoms with van der Waals surface area (Å²) in [6.45, 7) is 19.1. The first kappa shape index (κ1) is 21.4. The van der Waals surface area contributed by atoms with E-state index in [-0.39, 0.29) is 0 Å². The van der Waals surface area contributed by atoms with Crippen LogP contribution in [0.5, 0.6) is 0 Å². The van der Waals surface area contributed by atoms with Crippen molar-refractivity contribution >= 4 is 6.21 Å². The lowest BCUT2D eigenvalue weighted by Crippen LogP contribution is -2.03. The van der Waals surface area contributed by atoms with E-state index in [4.69, 9.17) is 0 Å². The Morgan fingerprint density at radius 3 is 2.43 bits per heavy atom. The first-order chi connectivity index (χ1) is 11.0. The summed E-state index contributed by atoms with van der Waals surface area (Å²) < 4.78 is 0. The first-order valence-electron chi connectivity index (χ1n) is 8.86.